The van der Waals surface area contributed by atoms with Crippen molar-refractivity contribution in [3.05, 3.63) is 0 Å². The number of nitrogens with zero attached hydrogens (tertiary/aromatic N) is 1. The lowest BCUT2D eigenvalue weighted by atomic mass is 10.6. The van der Waals surface area contributed by atoms with Crippen LogP contribution in [0.15, 0.2) is 0 Å². The molecule has 1 aliphatic rings. The van der Waals surface area contributed by atoms with E-state index >= 15 is 0 Å². The van der Waals surface area contributed by atoms with Gasteiger partial charge in [0.1, 0.15) is 6.54 Å². The highest BCUT2D eigenvalue weighted by molar-refractivity contribution is 8.38. The van der Waals surface area contributed by atoms with Crippen LogP contribution in [0.4, 0.5) is 0 Å². The lowest BCUT2D eigenvalue weighted by Crippen LogP contribution is -3.00. The van der Waals surface area contributed by atoms with Crippen molar-refractivity contribution in [2.24, 2.45) is 0 Å². The molecule has 0 saturated carbocycles. The largest absolute Gasteiger partial charge is 1.00 e. The van der Waals surface area contributed by atoms with Crippen molar-refractivity contribution in [1.82, 2.24) is 0 Å². The van der Waals surface area contributed by atoms with Crippen molar-refractivity contribution in [1.29, 1.82) is 0 Å². The standard InChI is InChI=1S/C6H12NS2.HI/c1-3-7-4-5-9-6(7)8-2;/h3-5H2,1-2H3;1H/q+1;/p-1. The number of halogens is 1. The van der Waals surface area contributed by atoms with E-state index in [1.54, 1.807) is 0 Å². The fourth-order valence-corrected chi connectivity index (χ4v) is 2.99. The number of rotatable bonds is 1. The highest BCUT2D eigenvalue weighted by Gasteiger charge is 2.19. The molecule has 0 fully saturated rings. The zero-order valence-corrected chi connectivity index (χ0v) is 10.1. The summed E-state index contributed by atoms with van der Waals surface area (Å²) in [6.45, 7) is 4.63. The molecule has 0 aromatic heterocycles. The first-order valence-corrected chi connectivity index (χ1v) is 5.38. The predicted octanol–water partition coefficient (Wildman–Crippen LogP) is -1.51. The van der Waals surface area contributed by atoms with Gasteiger partial charge in [0.25, 0.3) is 4.38 Å². The Morgan fingerprint density at radius 1 is 1.70 bits per heavy atom. The van der Waals surface area contributed by atoms with Gasteiger partial charge < -0.3 is 24.0 Å². The van der Waals surface area contributed by atoms with Crippen LogP contribution in [0.2, 0.25) is 0 Å². The average Bonchev–Trinajstić information content (AvgIpc) is 2.33. The normalized spacial score (nSPS) is 17.4. The molecule has 60 valence electrons. The number of hydrogen-bond donors (Lipinski definition) is 0. The minimum absolute atomic E-state index is 0. The van der Waals surface area contributed by atoms with Crippen molar-refractivity contribution < 1.29 is 28.6 Å². The van der Waals surface area contributed by atoms with Crippen LogP contribution in [-0.4, -0.2) is 34.0 Å². The van der Waals surface area contributed by atoms with Crippen LogP contribution in [0, 0.1) is 0 Å². The van der Waals surface area contributed by atoms with E-state index in [9.17, 15) is 0 Å². The third-order valence-electron chi connectivity index (χ3n) is 1.40. The smallest absolute Gasteiger partial charge is 0.269 e. The monoisotopic (exact) mass is 289 g/mol. The molecule has 0 aliphatic carbocycles. The summed E-state index contributed by atoms with van der Waals surface area (Å²) in [5.74, 6) is 1.28. The Bertz CT molecular complexity index is 122. The Morgan fingerprint density at radius 3 is 2.80 bits per heavy atom. The minimum atomic E-state index is 0. The molecular formula is C6H12INS2. The maximum absolute atomic E-state index is 2.43. The van der Waals surface area contributed by atoms with Gasteiger partial charge in [-0.1, -0.05) is 11.8 Å². The molecule has 1 aliphatic heterocycles. The summed E-state index contributed by atoms with van der Waals surface area (Å²) in [4.78, 5) is 0. The molecule has 0 unspecified atom stereocenters. The van der Waals surface area contributed by atoms with E-state index in [0.29, 0.717) is 0 Å². The molecule has 4 heteroatoms. The first kappa shape index (κ1) is 11.1. The number of hydrogen-bond acceptors (Lipinski definition) is 2. The second kappa shape index (κ2) is 5.71. The fraction of sp³-hybridized carbons (Fsp3) is 0.833. The van der Waals surface area contributed by atoms with Crippen molar-refractivity contribution in [2.45, 2.75) is 6.92 Å². The van der Waals surface area contributed by atoms with Crippen LogP contribution in [0.25, 0.3) is 0 Å². The molecule has 1 nitrogen and oxygen atoms in total. The highest BCUT2D eigenvalue weighted by atomic mass is 127. The van der Waals surface area contributed by atoms with Gasteiger partial charge in [0.2, 0.25) is 0 Å². The zero-order valence-electron chi connectivity index (χ0n) is 6.26. The predicted molar refractivity (Wildman–Crippen MR) is 46.6 cm³/mol. The van der Waals surface area contributed by atoms with Crippen molar-refractivity contribution >= 4 is 27.9 Å². The van der Waals surface area contributed by atoms with Gasteiger partial charge in [-0.15, -0.1) is 0 Å². The van der Waals surface area contributed by atoms with Crippen LogP contribution >= 0.6 is 23.5 Å². The number of thioether (sulfide) groups is 2. The third-order valence-corrected chi connectivity index (χ3v) is 3.75. The molecule has 0 amide bonds. The molecule has 0 saturated heterocycles. The van der Waals surface area contributed by atoms with Crippen molar-refractivity contribution in [2.75, 3.05) is 25.1 Å². The Labute approximate surface area is 88.1 Å². The summed E-state index contributed by atoms with van der Waals surface area (Å²) >= 11 is 3.85. The Balaban J connectivity index is 0.000000810. The van der Waals surface area contributed by atoms with E-state index in [-0.39, 0.29) is 24.0 Å². The minimum Gasteiger partial charge on any atom is -1.00 e. The lowest BCUT2D eigenvalue weighted by molar-refractivity contribution is -0.511. The molecule has 0 aromatic carbocycles. The average molecular weight is 289 g/mol. The Morgan fingerprint density at radius 2 is 2.40 bits per heavy atom. The molecule has 0 aromatic rings. The molecule has 10 heavy (non-hydrogen) atoms. The summed E-state index contributed by atoms with van der Waals surface area (Å²) in [5.41, 5.74) is 0. The van der Waals surface area contributed by atoms with E-state index in [1.165, 1.54) is 23.2 Å². The molecule has 0 N–H and O–H groups in total. The van der Waals surface area contributed by atoms with Gasteiger partial charge in [0, 0.05) is 0 Å². The fourth-order valence-electron chi connectivity index (χ4n) is 0.901. The third kappa shape index (κ3) is 2.62. The zero-order chi connectivity index (χ0) is 6.69. The first-order valence-electron chi connectivity index (χ1n) is 3.17. The van der Waals surface area contributed by atoms with Crippen LogP contribution in [-0.2, 0) is 0 Å². The second-order valence-corrected chi connectivity index (χ2v) is 4.04. The Hall–Kier alpha value is 1.10. The van der Waals surface area contributed by atoms with Crippen LogP contribution < -0.4 is 24.0 Å². The van der Waals surface area contributed by atoms with Gasteiger partial charge in [-0.05, 0) is 24.9 Å². The second-order valence-electron chi connectivity index (χ2n) is 1.90. The molecule has 0 spiro atoms. The maximum atomic E-state index is 2.43. The lowest BCUT2D eigenvalue weighted by Gasteiger charge is -1.91. The topological polar surface area (TPSA) is 3.01 Å². The van der Waals surface area contributed by atoms with Crippen molar-refractivity contribution in [3.8, 4) is 0 Å². The van der Waals surface area contributed by atoms with Gasteiger partial charge in [0.15, 0.2) is 6.54 Å². The summed E-state index contributed by atoms with van der Waals surface area (Å²) < 4.78 is 3.92. The van der Waals surface area contributed by atoms with Crippen LogP contribution in [0.3, 0.4) is 0 Å². The molecule has 1 rings (SSSR count). The van der Waals surface area contributed by atoms with Gasteiger partial charge >= 0.3 is 0 Å². The summed E-state index contributed by atoms with van der Waals surface area (Å²) in [5, 5.41) is 0. The summed E-state index contributed by atoms with van der Waals surface area (Å²) in [6.07, 6.45) is 2.15. The Kier molecular flexibility index (Phi) is 6.34. The van der Waals surface area contributed by atoms with Gasteiger partial charge in [-0.25, -0.2) is 4.58 Å². The molecule has 1 heterocycles. The molecule has 0 radical (unpaired) electrons. The van der Waals surface area contributed by atoms with E-state index in [2.05, 4.69) is 17.8 Å². The van der Waals surface area contributed by atoms with Crippen LogP contribution in [0.5, 0.6) is 0 Å². The van der Waals surface area contributed by atoms with E-state index in [0.717, 1.165) is 0 Å². The van der Waals surface area contributed by atoms with Crippen molar-refractivity contribution in [3.63, 3.8) is 0 Å². The molecular weight excluding hydrogens is 277 g/mol. The molecule has 0 atom stereocenters. The quantitative estimate of drug-likeness (QED) is 0.426. The first-order chi connectivity index (χ1) is 4.38. The molecule has 0 bridgehead atoms. The highest BCUT2D eigenvalue weighted by Crippen LogP contribution is 2.18. The SMILES string of the molecule is CC[N+]1=C(SC)SCC1.[I-]. The van der Waals surface area contributed by atoms with Gasteiger partial charge in [-0.2, -0.15) is 0 Å². The summed E-state index contributed by atoms with van der Waals surface area (Å²) in [7, 11) is 0. The van der Waals surface area contributed by atoms with E-state index in [4.69, 9.17) is 0 Å². The summed E-state index contributed by atoms with van der Waals surface area (Å²) in [6, 6.07) is 0. The van der Waals surface area contributed by atoms with E-state index in [1.807, 2.05) is 23.5 Å². The van der Waals surface area contributed by atoms with Gasteiger partial charge in [0.05, 0.1) is 5.75 Å². The maximum Gasteiger partial charge on any atom is 0.269 e. The van der Waals surface area contributed by atoms with Crippen LogP contribution in [0.1, 0.15) is 6.92 Å². The van der Waals surface area contributed by atoms with Gasteiger partial charge in [-0.3, -0.25) is 0 Å². The van der Waals surface area contributed by atoms with E-state index < -0.39 is 0 Å².